The van der Waals surface area contributed by atoms with Crippen LogP contribution < -0.4 is 17.0 Å². The monoisotopic (exact) mass is 280 g/mol. The summed E-state index contributed by atoms with van der Waals surface area (Å²) < 4.78 is 13.2. The van der Waals surface area contributed by atoms with E-state index in [-0.39, 0.29) is 11.0 Å². The molecule has 5 N–H and O–H groups in total. The van der Waals surface area contributed by atoms with E-state index in [1.54, 1.807) is 0 Å². The van der Waals surface area contributed by atoms with Gasteiger partial charge in [0.05, 0.1) is 10.7 Å². The van der Waals surface area contributed by atoms with Crippen molar-refractivity contribution >= 4 is 39.2 Å². The minimum atomic E-state index is -0.458. The lowest BCUT2D eigenvalue weighted by molar-refractivity contribution is 0.627. The molecule has 4 nitrogen and oxygen atoms in total. The first-order chi connectivity index (χ1) is 6.54. The third-order valence-corrected chi connectivity index (χ3v) is 2.25. The second-order valence-electron chi connectivity index (χ2n) is 2.36. The van der Waals surface area contributed by atoms with Gasteiger partial charge in [0.15, 0.2) is 0 Å². The van der Waals surface area contributed by atoms with Gasteiger partial charge in [0, 0.05) is 4.47 Å². The van der Waals surface area contributed by atoms with Crippen LogP contribution in [0.15, 0.2) is 21.6 Å². The molecule has 0 heterocycles. The molecule has 1 aromatic carbocycles. The number of hydrazine groups is 1. The number of hydrogen-bond acceptors (Lipinski definition) is 2. The van der Waals surface area contributed by atoms with Gasteiger partial charge in [-0.2, -0.15) is 0 Å². The molecule has 0 radical (unpaired) electrons. The number of nitrogens with one attached hydrogen (secondary N) is 1. The lowest BCUT2D eigenvalue weighted by Crippen LogP contribution is -2.36. The summed E-state index contributed by atoms with van der Waals surface area (Å²) in [4.78, 5) is 3.83. The maximum Gasteiger partial charge on any atom is 0.208 e. The van der Waals surface area contributed by atoms with E-state index in [9.17, 15) is 4.39 Å². The van der Waals surface area contributed by atoms with Gasteiger partial charge in [-0.05, 0) is 28.1 Å². The standard InChI is InChI=1S/C7H7BrClFN4/c8-4-1-3(10)2-5(9)6(4)13-7(11)14-12/h1-2H,12H2,(H3,11,13,14). The summed E-state index contributed by atoms with van der Waals surface area (Å²) in [5.74, 6) is 4.54. The van der Waals surface area contributed by atoms with Crippen LogP contribution in [0.3, 0.4) is 0 Å². The van der Waals surface area contributed by atoms with Gasteiger partial charge in [0.25, 0.3) is 0 Å². The Morgan fingerprint density at radius 2 is 2.21 bits per heavy atom. The van der Waals surface area contributed by atoms with Crippen molar-refractivity contribution in [3.05, 3.63) is 27.4 Å². The van der Waals surface area contributed by atoms with Crippen molar-refractivity contribution in [2.75, 3.05) is 0 Å². The van der Waals surface area contributed by atoms with E-state index in [1.165, 1.54) is 6.07 Å². The molecule has 1 rings (SSSR count). The van der Waals surface area contributed by atoms with Crippen molar-refractivity contribution in [3.63, 3.8) is 0 Å². The molecule has 0 saturated carbocycles. The largest absolute Gasteiger partial charge is 0.369 e. The first-order valence-corrected chi connectivity index (χ1v) is 4.67. The molecule has 0 amide bonds. The quantitative estimate of drug-likeness (QED) is 0.317. The minimum Gasteiger partial charge on any atom is -0.369 e. The van der Waals surface area contributed by atoms with E-state index in [1.807, 2.05) is 0 Å². The molecule has 76 valence electrons. The zero-order valence-electron chi connectivity index (χ0n) is 6.89. The fourth-order valence-corrected chi connectivity index (χ4v) is 1.68. The summed E-state index contributed by atoms with van der Waals surface area (Å²) in [6.45, 7) is 0. The number of nitrogens with two attached hydrogens (primary N) is 2. The predicted octanol–water partition coefficient (Wildman–Crippen LogP) is 1.65. The van der Waals surface area contributed by atoms with Crippen LogP contribution >= 0.6 is 27.5 Å². The SMILES string of the molecule is NNC(N)=Nc1c(Cl)cc(F)cc1Br. The Morgan fingerprint density at radius 3 is 2.71 bits per heavy atom. The van der Waals surface area contributed by atoms with Gasteiger partial charge in [-0.15, -0.1) is 0 Å². The van der Waals surface area contributed by atoms with Crippen molar-refractivity contribution in [1.29, 1.82) is 0 Å². The second-order valence-corrected chi connectivity index (χ2v) is 3.62. The topological polar surface area (TPSA) is 76.4 Å². The van der Waals surface area contributed by atoms with Gasteiger partial charge < -0.3 is 5.73 Å². The first-order valence-electron chi connectivity index (χ1n) is 3.50. The number of rotatable bonds is 1. The zero-order chi connectivity index (χ0) is 10.7. The molecular formula is C7H7BrClFN4. The van der Waals surface area contributed by atoms with E-state index < -0.39 is 5.82 Å². The Balaban J connectivity index is 3.21. The van der Waals surface area contributed by atoms with E-state index in [0.29, 0.717) is 10.2 Å². The zero-order valence-corrected chi connectivity index (χ0v) is 9.23. The molecule has 0 unspecified atom stereocenters. The Morgan fingerprint density at radius 1 is 1.57 bits per heavy atom. The fourth-order valence-electron chi connectivity index (χ4n) is 0.794. The van der Waals surface area contributed by atoms with E-state index in [0.717, 1.165) is 6.07 Å². The third kappa shape index (κ3) is 2.57. The van der Waals surface area contributed by atoms with Crippen molar-refractivity contribution in [1.82, 2.24) is 5.43 Å². The lowest BCUT2D eigenvalue weighted by atomic mass is 10.3. The first kappa shape index (κ1) is 11.2. The fraction of sp³-hybridized carbons (Fsp3) is 0. The van der Waals surface area contributed by atoms with Gasteiger partial charge in [-0.1, -0.05) is 11.6 Å². The number of benzene rings is 1. The van der Waals surface area contributed by atoms with Crippen molar-refractivity contribution < 1.29 is 4.39 Å². The molecule has 1 aromatic rings. The number of guanidine groups is 1. The number of hydrogen-bond donors (Lipinski definition) is 3. The highest BCUT2D eigenvalue weighted by Crippen LogP contribution is 2.33. The van der Waals surface area contributed by atoms with Crippen molar-refractivity contribution in [2.24, 2.45) is 16.6 Å². The molecule has 0 aliphatic rings. The second kappa shape index (κ2) is 4.59. The molecule has 7 heteroatoms. The third-order valence-electron chi connectivity index (χ3n) is 1.36. The normalized spacial score (nSPS) is 11.6. The highest BCUT2D eigenvalue weighted by atomic mass is 79.9. The number of nitrogens with zero attached hydrogens (tertiary/aromatic N) is 1. The van der Waals surface area contributed by atoms with Crippen LogP contribution in [0.4, 0.5) is 10.1 Å². The summed E-state index contributed by atoms with van der Waals surface area (Å²) in [5, 5.41) is 0.148. The van der Waals surface area contributed by atoms with Crippen molar-refractivity contribution in [2.45, 2.75) is 0 Å². The summed E-state index contributed by atoms with van der Waals surface area (Å²) in [7, 11) is 0. The maximum absolute atomic E-state index is 12.8. The number of halogens is 3. The molecule has 0 aliphatic heterocycles. The Labute approximate surface area is 93.2 Å². The van der Waals surface area contributed by atoms with Crippen LogP contribution in [-0.4, -0.2) is 5.96 Å². The number of aliphatic imine (C=N–C) groups is 1. The Kier molecular flexibility index (Phi) is 3.68. The van der Waals surface area contributed by atoms with Gasteiger partial charge in [0.1, 0.15) is 5.82 Å². The predicted molar refractivity (Wildman–Crippen MR) is 57.7 cm³/mol. The van der Waals surface area contributed by atoms with Gasteiger partial charge in [-0.3, -0.25) is 5.43 Å². The molecule has 0 saturated heterocycles. The molecule has 0 spiro atoms. The molecule has 0 aromatic heterocycles. The van der Waals surface area contributed by atoms with Crippen LogP contribution in [0.5, 0.6) is 0 Å². The van der Waals surface area contributed by atoms with Gasteiger partial charge in [0.2, 0.25) is 5.96 Å². The highest BCUT2D eigenvalue weighted by Gasteiger charge is 2.07. The summed E-state index contributed by atoms with van der Waals surface area (Å²) in [6.07, 6.45) is 0. The molecule has 0 aliphatic carbocycles. The van der Waals surface area contributed by atoms with Crippen LogP contribution in [-0.2, 0) is 0 Å². The smallest absolute Gasteiger partial charge is 0.208 e. The molecule has 0 bridgehead atoms. The average molecular weight is 282 g/mol. The van der Waals surface area contributed by atoms with Crippen LogP contribution in [0.1, 0.15) is 0 Å². The van der Waals surface area contributed by atoms with Gasteiger partial charge >= 0.3 is 0 Å². The van der Waals surface area contributed by atoms with Crippen LogP contribution in [0.2, 0.25) is 5.02 Å². The van der Waals surface area contributed by atoms with E-state index >= 15 is 0 Å². The maximum atomic E-state index is 12.8. The van der Waals surface area contributed by atoms with Crippen LogP contribution in [0, 0.1) is 5.82 Å². The lowest BCUT2D eigenvalue weighted by Gasteiger charge is -2.03. The van der Waals surface area contributed by atoms with Crippen LogP contribution in [0.25, 0.3) is 0 Å². The summed E-state index contributed by atoms with van der Waals surface area (Å²) in [6, 6.07) is 2.36. The van der Waals surface area contributed by atoms with E-state index in [4.69, 9.17) is 23.2 Å². The molecule has 0 atom stereocenters. The highest BCUT2D eigenvalue weighted by molar-refractivity contribution is 9.10. The van der Waals surface area contributed by atoms with Crippen molar-refractivity contribution in [3.8, 4) is 0 Å². The molecule has 0 fully saturated rings. The molecular weight excluding hydrogens is 274 g/mol. The average Bonchev–Trinajstić information content (AvgIpc) is 2.10. The Bertz CT molecular complexity index is 359. The minimum absolute atomic E-state index is 0.0146. The van der Waals surface area contributed by atoms with E-state index in [2.05, 4.69) is 26.3 Å². The Hall–Kier alpha value is -0.850. The summed E-state index contributed by atoms with van der Waals surface area (Å²) in [5.41, 5.74) is 7.78. The summed E-state index contributed by atoms with van der Waals surface area (Å²) >= 11 is 8.83. The van der Waals surface area contributed by atoms with Gasteiger partial charge in [-0.25, -0.2) is 15.2 Å². The molecule has 14 heavy (non-hydrogen) atoms.